The summed E-state index contributed by atoms with van der Waals surface area (Å²) in [6.45, 7) is 0. The molecule has 33 heavy (non-hydrogen) atoms. The van der Waals surface area contributed by atoms with Crippen molar-refractivity contribution in [3.8, 4) is 28.5 Å². The Hall–Kier alpha value is -4.33. The molecular weight excluding hydrogens is 420 g/mol. The lowest BCUT2D eigenvalue weighted by Crippen LogP contribution is -2.18. The van der Waals surface area contributed by atoms with Crippen molar-refractivity contribution in [2.75, 3.05) is 14.2 Å². The van der Waals surface area contributed by atoms with E-state index in [1.165, 1.54) is 36.9 Å². The van der Waals surface area contributed by atoms with E-state index >= 15 is 0 Å². The van der Waals surface area contributed by atoms with Gasteiger partial charge in [-0.25, -0.2) is 5.43 Å². The summed E-state index contributed by atoms with van der Waals surface area (Å²) in [5.41, 5.74) is 7.76. The van der Waals surface area contributed by atoms with E-state index in [-0.39, 0.29) is 17.2 Å². The van der Waals surface area contributed by atoms with Gasteiger partial charge in [0.25, 0.3) is 5.91 Å². The van der Waals surface area contributed by atoms with Crippen LogP contribution in [0.3, 0.4) is 0 Å². The maximum Gasteiger partial charge on any atom is 0.289 e. The van der Waals surface area contributed by atoms with E-state index in [2.05, 4.69) is 51.1 Å². The number of aromatic amines is 1. The third kappa shape index (κ3) is 3.65. The van der Waals surface area contributed by atoms with Gasteiger partial charge in [-0.2, -0.15) is 10.2 Å². The summed E-state index contributed by atoms with van der Waals surface area (Å²) in [5, 5.41) is 23.6. The van der Waals surface area contributed by atoms with Crippen LogP contribution in [-0.2, 0) is 12.8 Å². The number of phenols is 1. The molecule has 1 aliphatic rings. The Labute approximate surface area is 189 Å². The topological polar surface area (TPSA) is 109 Å². The van der Waals surface area contributed by atoms with Crippen molar-refractivity contribution in [2.45, 2.75) is 12.8 Å². The Kier molecular flexibility index (Phi) is 5.18. The number of aromatic hydroxyl groups is 1. The number of rotatable bonds is 6. The minimum atomic E-state index is -0.423. The van der Waals surface area contributed by atoms with E-state index in [1.54, 1.807) is 18.2 Å². The number of aryl methyl sites for hydroxylation is 2. The fourth-order valence-corrected chi connectivity index (χ4v) is 4.26. The van der Waals surface area contributed by atoms with Crippen LogP contribution in [0.4, 0.5) is 0 Å². The van der Waals surface area contributed by atoms with Crippen LogP contribution >= 0.6 is 0 Å². The minimum absolute atomic E-state index is 0.103. The van der Waals surface area contributed by atoms with E-state index in [9.17, 15) is 9.90 Å². The van der Waals surface area contributed by atoms with Gasteiger partial charge in [0.1, 0.15) is 5.69 Å². The molecule has 1 aliphatic carbocycles. The first-order chi connectivity index (χ1) is 16.1. The Bertz CT molecular complexity index is 1370. The van der Waals surface area contributed by atoms with Crippen LogP contribution in [0.5, 0.6) is 17.2 Å². The van der Waals surface area contributed by atoms with Gasteiger partial charge < -0.3 is 14.6 Å². The van der Waals surface area contributed by atoms with Gasteiger partial charge in [0.15, 0.2) is 11.5 Å². The fraction of sp³-hybridized carbons (Fsp3) is 0.160. The Morgan fingerprint density at radius 1 is 1.09 bits per heavy atom. The van der Waals surface area contributed by atoms with Crippen LogP contribution in [0.2, 0.25) is 0 Å². The predicted octanol–water partition coefficient (Wildman–Crippen LogP) is 3.82. The third-order valence-corrected chi connectivity index (χ3v) is 5.86. The molecular formula is C25H22N4O4. The number of carbonyl (C=O) groups is 1. The molecule has 0 saturated heterocycles. The molecule has 8 nitrogen and oxygen atoms in total. The van der Waals surface area contributed by atoms with Gasteiger partial charge >= 0.3 is 0 Å². The molecule has 4 aromatic rings. The summed E-state index contributed by atoms with van der Waals surface area (Å²) in [5.74, 6) is -0.0424. The summed E-state index contributed by atoms with van der Waals surface area (Å²) in [6.07, 6.45) is 3.55. The second-order valence-corrected chi connectivity index (χ2v) is 7.75. The number of nitrogens with zero attached hydrogens (tertiary/aromatic N) is 2. The number of H-pyrrole nitrogens is 1. The molecule has 8 heteroatoms. The molecule has 0 saturated carbocycles. The minimum Gasteiger partial charge on any atom is -0.502 e. The number of amides is 1. The van der Waals surface area contributed by atoms with E-state index < -0.39 is 5.91 Å². The standard InChI is InChI=1S/C25H22N4O4/c1-32-21-10-14(11-22(33-2)24(21)30)13-26-29-25(31)20-12-19(27-28-20)17-9-8-16-7-6-15-4-3-5-18(17)23(15)16/h3-5,8-13,30H,6-7H2,1-2H3,(H,27,28)(H,29,31)/b26-13+. The van der Waals surface area contributed by atoms with Gasteiger partial charge in [-0.3, -0.25) is 9.89 Å². The number of aromatic nitrogens is 2. The lowest BCUT2D eigenvalue weighted by Gasteiger charge is -2.09. The Balaban J connectivity index is 1.36. The summed E-state index contributed by atoms with van der Waals surface area (Å²) in [7, 11) is 2.88. The molecule has 1 heterocycles. The van der Waals surface area contributed by atoms with Crippen LogP contribution in [-0.4, -0.2) is 41.6 Å². The molecule has 3 aromatic carbocycles. The smallest absolute Gasteiger partial charge is 0.289 e. The third-order valence-electron chi connectivity index (χ3n) is 5.86. The van der Waals surface area contributed by atoms with E-state index in [0.717, 1.165) is 23.8 Å². The number of hydrogen-bond acceptors (Lipinski definition) is 6. The maximum atomic E-state index is 12.6. The second kappa shape index (κ2) is 8.31. The highest BCUT2D eigenvalue weighted by Crippen LogP contribution is 2.37. The zero-order valence-corrected chi connectivity index (χ0v) is 18.2. The molecule has 0 bridgehead atoms. The molecule has 166 valence electrons. The molecule has 0 radical (unpaired) electrons. The van der Waals surface area contributed by atoms with Crippen LogP contribution in [0.1, 0.15) is 27.2 Å². The van der Waals surface area contributed by atoms with Crippen molar-refractivity contribution < 1.29 is 19.4 Å². The van der Waals surface area contributed by atoms with E-state index in [4.69, 9.17) is 9.47 Å². The molecule has 1 aromatic heterocycles. The number of ether oxygens (including phenoxy) is 2. The number of hydrazone groups is 1. The highest BCUT2D eigenvalue weighted by Gasteiger charge is 2.18. The van der Waals surface area contributed by atoms with Gasteiger partial charge in [0, 0.05) is 11.1 Å². The molecule has 3 N–H and O–H groups in total. The normalized spacial score (nSPS) is 12.4. The average molecular weight is 442 g/mol. The number of hydrogen-bond donors (Lipinski definition) is 3. The quantitative estimate of drug-likeness (QED) is 0.311. The highest BCUT2D eigenvalue weighted by molar-refractivity contribution is 6.02. The van der Waals surface area contributed by atoms with Crippen molar-refractivity contribution in [1.29, 1.82) is 0 Å². The SMILES string of the molecule is COc1cc(/C=N/NC(=O)c2cc(-c3ccc4c5c(cccc35)CC4)n[nH]2)cc(OC)c1O. The summed E-state index contributed by atoms with van der Waals surface area (Å²) in [4.78, 5) is 12.6. The first kappa shape index (κ1) is 20.6. The second-order valence-electron chi connectivity index (χ2n) is 7.75. The molecule has 0 fully saturated rings. The maximum absolute atomic E-state index is 12.6. The van der Waals surface area contributed by atoms with Gasteiger partial charge in [-0.05, 0) is 52.9 Å². The van der Waals surface area contributed by atoms with Crippen molar-refractivity contribution in [3.63, 3.8) is 0 Å². The summed E-state index contributed by atoms with van der Waals surface area (Å²) >= 11 is 0. The zero-order chi connectivity index (χ0) is 22.9. The molecule has 5 rings (SSSR count). The van der Waals surface area contributed by atoms with Crippen LogP contribution in [0.25, 0.3) is 22.0 Å². The Morgan fingerprint density at radius 3 is 2.55 bits per heavy atom. The summed E-state index contributed by atoms with van der Waals surface area (Å²) in [6, 6.07) is 15.4. The van der Waals surface area contributed by atoms with Crippen molar-refractivity contribution >= 4 is 22.9 Å². The number of methoxy groups -OCH3 is 2. The lowest BCUT2D eigenvalue weighted by atomic mass is 9.98. The molecule has 1 amide bonds. The summed E-state index contributed by atoms with van der Waals surface area (Å²) < 4.78 is 10.3. The number of phenolic OH excluding ortho intramolecular Hbond substituents is 1. The average Bonchev–Trinajstić information content (AvgIpc) is 3.49. The zero-order valence-electron chi connectivity index (χ0n) is 18.2. The van der Waals surface area contributed by atoms with Crippen molar-refractivity contribution in [3.05, 3.63) is 70.9 Å². The van der Waals surface area contributed by atoms with E-state index in [1.807, 2.05) is 0 Å². The number of carbonyl (C=O) groups excluding carboxylic acids is 1. The fourth-order valence-electron chi connectivity index (χ4n) is 4.26. The van der Waals surface area contributed by atoms with Crippen LogP contribution in [0.15, 0.2) is 53.6 Å². The largest absolute Gasteiger partial charge is 0.502 e. The first-order valence-corrected chi connectivity index (χ1v) is 10.5. The van der Waals surface area contributed by atoms with Crippen molar-refractivity contribution in [2.24, 2.45) is 5.10 Å². The predicted molar refractivity (Wildman–Crippen MR) is 125 cm³/mol. The van der Waals surface area contributed by atoms with Gasteiger partial charge in [-0.15, -0.1) is 0 Å². The monoisotopic (exact) mass is 442 g/mol. The van der Waals surface area contributed by atoms with Gasteiger partial charge in [0.05, 0.1) is 26.1 Å². The molecule has 0 atom stereocenters. The first-order valence-electron chi connectivity index (χ1n) is 10.5. The van der Waals surface area contributed by atoms with Crippen LogP contribution in [0, 0.1) is 0 Å². The van der Waals surface area contributed by atoms with Crippen molar-refractivity contribution in [1.82, 2.24) is 15.6 Å². The molecule has 0 aliphatic heterocycles. The van der Waals surface area contributed by atoms with Gasteiger partial charge in [-0.1, -0.05) is 30.3 Å². The lowest BCUT2D eigenvalue weighted by molar-refractivity contribution is 0.0950. The number of nitrogens with one attached hydrogen (secondary N) is 2. The van der Waals surface area contributed by atoms with E-state index in [0.29, 0.717) is 17.0 Å². The highest BCUT2D eigenvalue weighted by atomic mass is 16.5. The van der Waals surface area contributed by atoms with Gasteiger partial charge in [0.2, 0.25) is 5.75 Å². The number of benzene rings is 3. The molecule has 0 unspecified atom stereocenters. The Morgan fingerprint density at radius 2 is 1.82 bits per heavy atom. The molecule has 0 spiro atoms. The van der Waals surface area contributed by atoms with Crippen LogP contribution < -0.4 is 14.9 Å².